The molecule has 0 atom stereocenters. The Balaban J connectivity index is 2.64. The molecule has 0 aliphatic carbocycles. The van der Waals surface area contributed by atoms with Crippen molar-refractivity contribution in [3.8, 4) is 5.75 Å². The van der Waals surface area contributed by atoms with Crippen molar-refractivity contribution in [1.82, 2.24) is 5.32 Å². The molecule has 1 aromatic rings. The number of unbranched alkanes of at least 4 members (excludes halogenated alkanes) is 10. The second-order valence-corrected chi connectivity index (χ2v) is 8.42. The lowest BCUT2D eigenvalue weighted by Gasteiger charge is -2.20. The number of rotatable bonds is 17. The average Bonchev–Trinajstić information content (AvgIpc) is 2.73. The summed E-state index contributed by atoms with van der Waals surface area (Å²) >= 11 is 0. The van der Waals surface area contributed by atoms with Crippen molar-refractivity contribution in [2.24, 2.45) is 0 Å². The topological polar surface area (TPSA) is 98.7 Å². The van der Waals surface area contributed by atoms with Gasteiger partial charge in [0.1, 0.15) is 0 Å². The number of carbonyl (C=O) groups excluding carboxylic acids is 1. The molecular weight excluding hydrogens is 392 g/mol. The molecule has 2 amide bonds. The number of carboxylic acid groups (broad SMARTS) is 1. The third kappa shape index (κ3) is 11.7. The first kappa shape index (κ1) is 26.8. The van der Waals surface area contributed by atoms with Crippen molar-refractivity contribution in [3.63, 3.8) is 0 Å². The smallest absolute Gasteiger partial charge is 0.409 e. The van der Waals surface area contributed by atoms with Crippen molar-refractivity contribution in [1.29, 1.82) is 0 Å². The van der Waals surface area contributed by atoms with Gasteiger partial charge in [-0.25, -0.2) is 4.79 Å². The number of aromatic hydroxyl groups is 1. The molecule has 31 heavy (non-hydrogen) atoms. The third-order valence-electron chi connectivity index (χ3n) is 5.67. The molecule has 176 valence electrons. The zero-order valence-electron chi connectivity index (χ0n) is 19.4. The van der Waals surface area contributed by atoms with Gasteiger partial charge >= 0.3 is 6.09 Å². The molecule has 0 saturated carbocycles. The molecular formula is C25H42N2O4. The normalized spacial score (nSPS) is 10.9. The fourth-order valence-corrected chi connectivity index (χ4v) is 3.84. The van der Waals surface area contributed by atoms with E-state index in [1.807, 2.05) is 0 Å². The Hall–Kier alpha value is -2.24. The zero-order chi connectivity index (χ0) is 22.9. The molecule has 0 heterocycles. The lowest BCUT2D eigenvalue weighted by molar-refractivity contribution is 0.0928. The maximum Gasteiger partial charge on any atom is 0.409 e. The van der Waals surface area contributed by atoms with Crippen LogP contribution in [0, 0.1) is 0 Å². The van der Waals surface area contributed by atoms with Crippen LogP contribution in [0.2, 0.25) is 0 Å². The molecule has 6 nitrogen and oxygen atoms in total. The van der Waals surface area contributed by atoms with Crippen molar-refractivity contribution in [2.75, 3.05) is 5.32 Å². The van der Waals surface area contributed by atoms with Crippen molar-refractivity contribution < 1.29 is 19.8 Å². The lowest BCUT2D eigenvalue weighted by Crippen LogP contribution is -2.35. The minimum absolute atomic E-state index is 0.0172. The molecule has 0 bridgehead atoms. The van der Waals surface area contributed by atoms with Gasteiger partial charge in [0.15, 0.2) is 5.75 Å². The Labute approximate surface area is 187 Å². The summed E-state index contributed by atoms with van der Waals surface area (Å²) in [7, 11) is 0. The minimum atomic E-state index is -1.28. The number of benzene rings is 1. The number of hydrogen-bond acceptors (Lipinski definition) is 3. The highest BCUT2D eigenvalue weighted by Crippen LogP contribution is 2.27. The van der Waals surface area contributed by atoms with Gasteiger partial charge in [-0.3, -0.25) is 10.1 Å². The number of para-hydroxylation sites is 1. The van der Waals surface area contributed by atoms with Gasteiger partial charge in [-0.15, -0.1) is 0 Å². The molecule has 0 aliphatic rings. The monoisotopic (exact) mass is 434 g/mol. The highest BCUT2D eigenvalue weighted by atomic mass is 16.4. The summed E-state index contributed by atoms with van der Waals surface area (Å²) < 4.78 is 0. The van der Waals surface area contributed by atoms with Crippen LogP contribution in [-0.2, 0) is 0 Å². The van der Waals surface area contributed by atoms with Crippen LogP contribution in [-0.4, -0.2) is 28.3 Å². The second-order valence-electron chi connectivity index (χ2n) is 8.42. The summed E-state index contributed by atoms with van der Waals surface area (Å²) in [4.78, 5) is 23.7. The predicted molar refractivity (Wildman–Crippen MR) is 127 cm³/mol. The van der Waals surface area contributed by atoms with Crippen LogP contribution in [0.3, 0.4) is 0 Å². The van der Waals surface area contributed by atoms with Crippen molar-refractivity contribution >= 4 is 17.7 Å². The average molecular weight is 435 g/mol. The first-order chi connectivity index (χ1) is 15.0. The van der Waals surface area contributed by atoms with Crippen LogP contribution in [0.4, 0.5) is 10.5 Å². The number of amides is 2. The summed E-state index contributed by atoms with van der Waals surface area (Å²) in [5.74, 6) is -0.686. The Morgan fingerprint density at radius 3 is 1.87 bits per heavy atom. The molecule has 0 fully saturated rings. The first-order valence-electron chi connectivity index (χ1n) is 12.1. The van der Waals surface area contributed by atoms with E-state index in [1.54, 1.807) is 6.07 Å². The molecule has 1 aromatic carbocycles. The molecule has 0 aromatic heterocycles. The quantitative estimate of drug-likeness (QED) is 0.155. The summed E-state index contributed by atoms with van der Waals surface area (Å²) in [5, 5.41) is 24.4. The number of nitrogens with one attached hydrogen (secondary N) is 2. The molecule has 0 spiro atoms. The fourth-order valence-electron chi connectivity index (χ4n) is 3.84. The standard InChI is InChI=1S/C25H42N2O4/c1-3-5-7-9-11-13-16-20(17-14-12-10-8-6-4-2)26-24(29)21-18-15-19-22(23(21)28)27-25(30)31/h15,18-20,27-28H,3-14,16-17H2,1-2H3,(H,26,29)(H,30,31). The predicted octanol–water partition coefficient (Wildman–Crippen LogP) is 7.08. The van der Waals surface area contributed by atoms with Crippen LogP contribution >= 0.6 is 0 Å². The summed E-state index contributed by atoms with van der Waals surface area (Å²) in [6.07, 6.45) is 15.1. The van der Waals surface area contributed by atoms with Crippen LogP contribution in [0.25, 0.3) is 0 Å². The van der Waals surface area contributed by atoms with Gasteiger partial charge in [-0.2, -0.15) is 0 Å². The molecule has 0 radical (unpaired) electrons. The second kappa shape index (κ2) is 16.5. The molecule has 0 unspecified atom stereocenters. The Morgan fingerprint density at radius 1 is 0.839 bits per heavy atom. The van der Waals surface area contributed by atoms with Gasteiger partial charge in [0.05, 0.1) is 11.3 Å². The van der Waals surface area contributed by atoms with Crippen LogP contribution in [0.1, 0.15) is 114 Å². The van der Waals surface area contributed by atoms with Crippen LogP contribution in [0.15, 0.2) is 18.2 Å². The Morgan fingerprint density at radius 2 is 1.35 bits per heavy atom. The minimum Gasteiger partial charge on any atom is -0.505 e. The molecule has 4 N–H and O–H groups in total. The largest absolute Gasteiger partial charge is 0.505 e. The van der Waals surface area contributed by atoms with Crippen molar-refractivity contribution in [3.05, 3.63) is 23.8 Å². The van der Waals surface area contributed by atoms with E-state index in [1.165, 1.54) is 76.3 Å². The van der Waals surface area contributed by atoms with Gasteiger partial charge in [0.25, 0.3) is 5.91 Å². The molecule has 0 saturated heterocycles. The van der Waals surface area contributed by atoms with Gasteiger partial charge in [-0.1, -0.05) is 97.0 Å². The van der Waals surface area contributed by atoms with E-state index < -0.39 is 6.09 Å². The van der Waals surface area contributed by atoms with Gasteiger partial charge < -0.3 is 15.5 Å². The maximum absolute atomic E-state index is 12.8. The van der Waals surface area contributed by atoms with E-state index in [2.05, 4.69) is 24.5 Å². The lowest BCUT2D eigenvalue weighted by atomic mass is 9.99. The summed E-state index contributed by atoms with van der Waals surface area (Å²) in [6.45, 7) is 4.42. The Kier molecular flexibility index (Phi) is 14.2. The summed E-state index contributed by atoms with van der Waals surface area (Å²) in [6, 6.07) is 4.59. The molecule has 1 rings (SSSR count). The van der Waals surface area contributed by atoms with E-state index >= 15 is 0 Å². The highest BCUT2D eigenvalue weighted by molar-refractivity contribution is 6.00. The van der Waals surface area contributed by atoms with Crippen LogP contribution in [0.5, 0.6) is 5.75 Å². The van der Waals surface area contributed by atoms with E-state index in [0.717, 1.165) is 25.7 Å². The maximum atomic E-state index is 12.8. The SMILES string of the molecule is CCCCCCCCC(CCCCCCCC)NC(=O)c1cccc(NC(=O)O)c1O. The Bertz CT molecular complexity index is 632. The van der Waals surface area contributed by atoms with Crippen LogP contribution < -0.4 is 10.6 Å². The summed E-state index contributed by atoms with van der Waals surface area (Å²) in [5.41, 5.74) is 0.116. The highest BCUT2D eigenvalue weighted by Gasteiger charge is 2.18. The molecule has 6 heteroatoms. The third-order valence-corrected chi connectivity index (χ3v) is 5.67. The number of carbonyl (C=O) groups is 2. The first-order valence-corrected chi connectivity index (χ1v) is 12.1. The van der Waals surface area contributed by atoms with E-state index in [0.29, 0.717) is 0 Å². The van der Waals surface area contributed by atoms with E-state index in [-0.39, 0.29) is 28.9 Å². The van der Waals surface area contributed by atoms with E-state index in [4.69, 9.17) is 5.11 Å². The number of anilines is 1. The van der Waals surface area contributed by atoms with E-state index in [9.17, 15) is 14.7 Å². The molecule has 0 aliphatic heterocycles. The number of phenolic OH excluding ortho intramolecular Hbond substituents is 1. The number of phenols is 1. The zero-order valence-corrected chi connectivity index (χ0v) is 19.4. The van der Waals surface area contributed by atoms with Gasteiger partial charge in [0.2, 0.25) is 0 Å². The van der Waals surface area contributed by atoms with Gasteiger partial charge in [0, 0.05) is 6.04 Å². The number of hydrogen-bond donors (Lipinski definition) is 4. The van der Waals surface area contributed by atoms with Crippen molar-refractivity contribution in [2.45, 2.75) is 110 Å². The fraction of sp³-hybridized carbons (Fsp3) is 0.680. The van der Waals surface area contributed by atoms with Gasteiger partial charge in [-0.05, 0) is 25.0 Å².